The monoisotopic (exact) mass is 330 g/mol. The van der Waals surface area contributed by atoms with Gasteiger partial charge in [0.05, 0.1) is 20.6 Å². The Bertz CT molecular complexity index is 261. The van der Waals surface area contributed by atoms with Crippen LogP contribution in [0.15, 0.2) is 0 Å². The summed E-state index contributed by atoms with van der Waals surface area (Å²) in [5.74, 6) is 0. The summed E-state index contributed by atoms with van der Waals surface area (Å²) < 4.78 is 7.26. The fraction of sp³-hybridized carbons (Fsp3) is 1.00. The number of hydrogen-bond acceptors (Lipinski definition) is 1. The molecule has 0 radical (unpaired) electrons. The molecule has 0 aromatic rings. The molecule has 3 heteroatoms. The third-order valence-corrected chi connectivity index (χ3v) is 5.64. The molecule has 0 amide bonds. The highest BCUT2D eigenvalue weighted by Gasteiger charge is 2.29. The smallest absolute Gasteiger partial charge is 0.191 e. The molecule has 0 aromatic heterocycles. The van der Waals surface area contributed by atoms with Gasteiger partial charge in [-0.25, -0.2) is 0 Å². The van der Waals surface area contributed by atoms with Gasteiger partial charge in [0.25, 0.3) is 0 Å². The van der Waals surface area contributed by atoms with Crippen molar-refractivity contribution in [3.8, 4) is 0 Å². The standard InChI is InChI=1S/C19H44NOSi/c1-8-9-10-11-12-13-14-15-16-17-18-20(3,4)19(2)21-22(5,6)7/h19H,8-18H2,1-7H3/q+1. The van der Waals surface area contributed by atoms with Crippen LogP contribution in [0.2, 0.25) is 19.6 Å². The van der Waals surface area contributed by atoms with Crippen molar-refractivity contribution in [2.45, 2.75) is 104 Å². The molecule has 0 heterocycles. The van der Waals surface area contributed by atoms with E-state index in [9.17, 15) is 0 Å². The van der Waals surface area contributed by atoms with Crippen molar-refractivity contribution in [3.05, 3.63) is 0 Å². The van der Waals surface area contributed by atoms with Crippen LogP contribution >= 0.6 is 0 Å². The highest BCUT2D eigenvalue weighted by atomic mass is 28.4. The van der Waals surface area contributed by atoms with E-state index in [4.69, 9.17) is 4.43 Å². The van der Waals surface area contributed by atoms with Gasteiger partial charge in [-0.15, -0.1) is 0 Å². The zero-order valence-corrected chi connectivity index (χ0v) is 17.7. The number of unbranched alkanes of at least 4 members (excludes halogenated alkanes) is 9. The molecule has 1 unspecified atom stereocenters. The third-order valence-electron chi connectivity index (χ3n) is 4.60. The van der Waals surface area contributed by atoms with Gasteiger partial charge in [0.1, 0.15) is 0 Å². The molecule has 0 fully saturated rings. The van der Waals surface area contributed by atoms with Crippen LogP contribution in [0.5, 0.6) is 0 Å². The molecule has 0 aromatic carbocycles. The number of nitrogens with zero attached hydrogens (tertiary/aromatic N) is 1. The summed E-state index contributed by atoms with van der Waals surface area (Å²) in [6.45, 7) is 12.6. The maximum Gasteiger partial charge on any atom is 0.191 e. The van der Waals surface area contributed by atoms with Gasteiger partial charge in [-0.05, 0) is 32.5 Å². The van der Waals surface area contributed by atoms with Crippen LogP contribution in [0, 0.1) is 0 Å². The Hall–Kier alpha value is 0.137. The topological polar surface area (TPSA) is 9.23 Å². The van der Waals surface area contributed by atoms with Crippen LogP contribution in [0.25, 0.3) is 0 Å². The molecule has 0 bridgehead atoms. The quantitative estimate of drug-likeness (QED) is 0.160. The fourth-order valence-corrected chi connectivity index (χ4v) is 4.15. The SMILES string of the molecule is CCCCCCCCCCCC[N+](C)(C)C(C)O[Si](C)(C)C. The first-order valence-electron chi connectivity index (χ1n) is 9.69. The Morgan fingerprint density at radius 2 is 1.18 bits per heavy atom. The molecule has 0 rings (SSSR count). The first-order chi connectivity index (χ1) is 10.2. The first-order valence-corrected chi connectivity index (χ1v) is 13.1. The van der Waals surface area contributed by atoms with Crippen LogP contribution in [0.3, 0.4) is 0 Å². The lowest BCUT2D eigenvalue weighted by molar-refractivity contribution is -0.932. The normalized spacial score (nSPS) is 14.3. The molecule has 2 nitrogen and oxygen atoms in total. The zero-order chi connectivity index (χ0) is 17.1. The van der Waals surface area contributed by atoms with Gasteiger partial charge in [-0.1, -0.05) is 58.3 Å². The van der Waals surface area contributed by atoms with E-state index in [2.05, 4.69) is 47.6 Å². The maximum absolute atomic E-state index is 6.26. The lowest BCUT2D eigenvalue weighted by Gasteiger charge is -2.38. The fourth-order valence-electron chi connectivity index (χ4n) is 2.84. The van der Waals surface area contributed by atoms with Crippen LogP contribution in [0.1, 0.15) is 78.1 Å². The Kier molecular flexibility index (Phi) is 11.7. The van der Waals surface area contributed by atoms with E-state index in [-0.39, 0.29) is 0 Å². The molecule has 0 spiro atoms. The highest BCUT2D eigenvalue weighted by Crippen LogP contribution is 2.17. The van der Waals surface area contributed by atoms with E-state index in [1.807, 2.05) is 0 Å². The van der Waals surface area contributed by atoms with E-state index in [0.717, 1.165) is 4.48 Å². The van der Waals surface area contributed by atoms with Gasteiger partial charge in [-0.3, -0.25) is 0 Å². The number of quaternary nitrogens is 1. The third kappa shape index (κ3) is 12.7. The molecular weight excluding hydrogens is 286 g/mol. The minimum absolute atomic E-state index is 0.324. The summed E-state index contributed by atoms with van der Waals surface area (Å²) in [6.07, 6.45) is 14.4. The largest absolute Gasteiger partial charge is 0.371 e. The second-order valence-corrected chi connectivity index (χ2v) is 13.0. The first kappa shape index (κ1) is 22.1. The average molecular weight is 331 g/mol. The lowest BCUT2D eigenvalue weighted by Crippen LogP contribution is -2.52. The summed E-state index contributed by atoms with van der Waals surface area (Å²) >= 11 is 0. The molecule has 0 aliphatic rings. The van der Waals surface area contributed by atoms with Crippen LogP contribution < -0.4 is 0 Å². The predicted molar refractivity (Wildman–Crippen MR) is 103 cm³/mol. The second kappa shape index (κ2) is 11.6. The summed E-state index contributed by atoms with van der Waals surface area (Å²) in [5.41, 5.74) is 0. The van der Waals surface area contributed by atoms with Gasteiger partial charge >= 0.3 is 0 Å². The van der Waals surface area contributed by atoms with Crippen molar-refractivity contribution in [1.82, 2.24) is 0 Å². The molecule has 134 valence electrons. The Morgan fingerprint density at radius 1 is 0.773 bits per heavy atom. The minimum atomic E-state index is -1.42. The Balaban J connectivity index is 3.60. The molecule has 1 atom stereocenters. The lowest BCUT2D eigenvalue weighted by atomic mass is 10.1. The average Bonchev–Trinajstić information content (AvgIpc) is 2.39. The van der Waals surface area contributed by atoms with E-state index in [1.165, 1.54) is 70.8 Å². The summed E-state index contributed by atoms with van der Waals surface area (Å²) in [7, 11) is 3.21. The highest BCUT2D eigenvalue weighted by molar-refractivity contribution is 6.69. The van der Waals surface area contributed by atoms with Crippen molar-refractivity contribution in [2.75, 3.05) is 20.6 Å². The number of hydrogen-bond donors (Lipinski definition) is 0. The molecule has 0 saturated carbocycles. The molecule has 0 aliphatic heterocycles. The minimum Gasteiger partial charge on any atom is -0.371 e. The van der Waals surface area contributed by atoms with Crippen molar-refractivity contribution < 1.29 is 8.91 Å². The van der Waals surface area contributed by atoms with Gasteiger partial charge in [-0.2, -0.15) is 0 Å². The van der Waals surface area contributed by atoms with Gasteiger partial charge in [0.2, 0.25) is 0 Å². The van der Waals surface area contributed by atoms with Crippen molar-refractivity contribution in [3.63, 3.8) is 0 Å². The van der Waals surface area contributed by atoms with E-state index in [0.29, 0.717) is 6.23 Å². The van der Waals surface area contributed by atoms with Crippen molar-refractivity contribution >= 4 is 8.32 Å². The number of rotatable bonds is 14. The van der Waals surface area contributed by atoms with Gasteiger partial charge < -0.3 is 8.91 Å². The molecule has 0 saturated heterocycles. The predicted octanol–water partition coefficient (Wildman–Crippen LogP) is 6.18. The summed E-state index contributed by atoms with van der Waals surface area (Å²) in [6, 6.07) is 0. The Labute approximate surface area is 142 Å². The van der Waals surface area contributed by atoms with Crippen LogP contribution in [-0.4, -0.2) is 39.7 Å². The van der Waals surface area contributed by atoms with Gasteiger partial charge in [0, 0.05) is 6.92 Å². The van der Waals surface area contributed by atoms with Crippen LogP contribution in [0.4, 0.5) is 0 Å². The molecular formula is C19H44NOSi+. The molecule has 22 heavy (non-hydrogen) atoms. The van der Waals surface area contributed by atoms with Crippen molar-refractivity contribution in [1.29, 1.82) is 0 Å². The van der Waals surface area contributed by atoms with E-state index < -0.39 is 8.32 Å². The summed E-state index contributed by atoms with van der Waals surface area (Å²) in [4.78, 5) is 0. The Morgan fingerprint density at radius 3 is 1.59 bits per heavy atom. The molecule has 0 aliphatic carbocycles. The maximum atomic E-state index is 6.26. The summed E-state index contributed by atoms with van der Waals surface area (Å²) in [5, 5.41) is 0. The zero-order valence-electron chi connectivity index (χ0n) is 16.7. The molecule has 0 N–H and O–H groups in total. The second-order valence-electron chi connectivity index (χ2n) is 8.51. The van der Waals surface area contributed by atoms with E-state index >= 15 is 0 Å². The van der Waals surface area contributed by atoms with Crippen LogP contribution in [-0.2, 0) is 4.43 Å². The van der Waals surface area contributed by atoms with E-state index in [1.54, 1.807) is 0 Å². The van der Waals surface area contributed by atoms with Crippen molar-refractivity contribution in [2.24, 2.45) is 0 Å². The van der Waals surface area contributed by atoms with Gasteiger partial charge in [0.15, 0.2) is 14.5 Å².